The van der Waals surface area contributed by atoms with Gasteiger partial charge in [-0.1, -0.05) is 42.5 Å². The highest BCUT2D eigenvalue weighted by Gasteiger charge is 2.35. The maximum atomic E-state index is 12.9. The standard InChI is InChI=1S/C20H18N2O/c1-20(2)13-15(12-14-8-4-3-5-9-14)18-21-17-11-7-6-10-16(17)19(23)22(18)20/h3-12H,13H2,1-2H3/b15-12+. The van der Waals surface area contributed by atoms with Crippen LogP contribution < -0.4 is 5.56 Å². The molecule has 4 rings (SSSR count). The molecule has 0 saturated heterocycles. The summed E-state index contributed by atoms with van der Waals surface area (Å²) in [6.07, 6.45) is 2.95. The second-order valence-corrected chi connectivity index (χ2v) is 6.66. The third-order valence-electron chi connectivity index (χ3n) is 4.43. The lowest BCUT2D eigenvalue weighted by Gasteiger charge is -2.20. The highest BCUT2D eigenvalue weighted by atomic mass is 16.1. The fourth-order valence-electron chi connectivity index (χ4n) is 3.40. The van der Waals surface area contributed by atoms with Gasteiger partial charge in [0.15, 0.2) is 0 Å². The van der Waals surface area contributed by atoms with Crippen LogP contribution in [-0.4, -0.2) is 9.55 Å². The molecule has 0 aliphatic carbocycles. The van der Waals surface area contributed by atoms with Gasteiger partial charge in [0.05, 0.1) is 10.9 Å². The zero-order chi connectivity index (χ0) is 16.0. The molecule has 1 aliphatic heterocycles. The van der Waals surface area contributed by atoms with Crippen LogP contribution in [-0.2, 0) is 5.54 Å². The summed E-state index contributed by atoms with van der Waals surface area (Å²) in [5.74, 6) is 0.794. The Hall–Kier alpha value is -2.68. The van der Waals surface area contributed by atoms with Gasteiger partial charge in [-0.15, -0.1) is 0 Å². The lowest BCUT2D eigenvalue weighted by Crippen LogP contribution is -2.33. The molecule has 2 aromatic carbocycles. The molecule has 0 bridgehead atoms. The fraction of sp³-hybridized carbons (Fsp3) is 0.200. The summed E-state index contributed by atoms with van der Waals surface area (Å²) in [5.41, 5.74) is 2.80. The van der Waals surface area contributed by atoms with Crippen molar-refractivity contribution in [3.05, 3.63) is 76.3 Å². The minimum atomic E-state index is -0.260. The van der Waals surface area contributed by atoms with Gasteiger partial charge in [0.25, 0.3) is 5.56 Å². The summed E-state index contributed by atoms with van der Waals surface area (Å²) in [5, 5.41) is 0.685. The van der Waals surface area contributed by atoms with E-state index >= 15 is 0 Å². The first-order valence-electron chi connectivity index (χ1n) is 7.84. The summed E-state index contributed by atoms with van der Waals surface area (Å²) >= 11 is 0. The molecule has 0 N–H and O–H groups in total. The summed E-state index contributed by atoms with van der Waals surface area (Å²) < 4.78 is 1.85. The number of para-hydroxylation sites is 1. The topological polar surface area (TPSA) is 34.9 Å². The second-order valence-electron chi connectivity index (χ2n) is 6.66. The average Bonchev–Trinajstić information content (AvgIpc) is 2.79. The van der Waals surface area contributed by atoms with Crippen LogP contribution in [0.15, 0.2) is 59.4 Å². The van der Waals surface area contributed by atoms with Crippen LogP contribution in [0.3, 0.4) is 0 Å². The van der Waals surface area contributed by atoms with E-state index in [0.717, 1.165) is 28.9 Å². The highest BCUT2D eigenvalue weighted by molar-refractivity contribution is 5.85. The van der Waals surface area contributed by atoms with Gasteiger partial charge in [0.2, 0.25) is 0 Å². The Morgan fingerprint density at radius 2 is 1.74 bits per heavy atom. The molecule has 1 aromatic heterocycles. The number of aromatic nitrogens is 2. The normalized spacial score (nSPS) is 17.6. The van der Waals surface area contributed by atoms with Crippen LogP contribution in [0.25, 0.3) is 22.6 Å². The largest absolute Gasteiger partial charge is 0.286 e. The molecule has 3 aromatic rings. The lowest BCUT2D eigenvalue weighted by atomic mass is 9.98. The predicted octanol–water partition coefficient (Wildman–Crippen LogP) is 4.08. The predicted molar refractivity (Wildman–Crippen MR) is 94.3 cm³/mol. The van der Waals surface area contributed by atoms with Crippen LogP contribution in [0.4, 0.5) is 0 Å². The van der Waals surface area contributed by atoms with Crippen molar-refractivity contribution in [2.24, 2.45) is 0 Å². The van der Waals surface area contributed by atoms with Crippen LogP contribution in [0.2, 0.25) is 0 Å². The van der Waals surface area contributed by atoms with E-state index < -0.39 is 0 Å². The van der Waals surface area contributed by atoms with E-state index in [2.05, 4.69) is 32.1 Å². The Bertz CT molecular complexity index is 981. The van der Waals surface area contributed by atoms with Gasteiger partial charge in [-0.2, -0.15) is 0 Å². The molecule has 0 radical (unpaired) electrons. The van der Waals surface area contributed by atoms with Crippen LogP contribution >= 0.6 is 0 Å². The lowest BCUT2D eigenvalue weighted by molar-refractivity contribution is 0.377. The van der Waals surface area contributed by atoms with Crippen LogP contribution in [0.5, 0.6) is 0 Å². The van der Waals surface area contributed by atoms with Gasteiger partial charge < -0.3 is 0 Å². The van der Waals surface area contributed by atoms with E-state index in [-0.39, 0.29) is 11.1 Å². The first kappa shape index (κ1) is 13.9. The molecule has 2 heterocycles. The van der Waals surface area contributed by atoms with Crippen molar-refractivity contribution in [2.45, 2.75) is 25.8 Å². The molecule has 23 heavy (non-hydrogen) atoms. The first-order valence-corrected chi connectivity index (χ1v) is 7.84. The Balaban J connectivity index is 2.01. The molecule has 3 nitrogen and oxygen atoms in total. The van der Waals surface area contributed by atoms with E-state index in [1.165, 1.54) is 0 Å². The molecule has 3 heteroatoms. The van der Waals surface area contributed by atoms with Crippen molar-refractivity contribution in [1.82, 2.24) is 9.55 Å². The second kappa shape index (κ2) is 4.92. The maximum absolute atomic E-state index is 12.9. The van der Waals surface area contributed by atoms with E-state index in [1.807, 2.05) is 47.0 Å². The van der Waals surface area contributed by atoms with Gasteiger partial charge in [-0.05, 0) is 49.6 Å². The van der Waals surface area contributed by atoms with Crippen molar-refractivity contribution in [2.75, 3.05) is 0 Å². The first-order chi connectivity index (χ1) is 11.1. The fourth-order valence-corrected chi connectivity index (χ4v) is 3.40. The van der Waals surface area contributed by atoms with Crippen LogP contribution in [0.1, 0.15) is 31.7 Å². The average molecular weight is 302 g/mol. The number of fused-ring (bicyclic) bond motifs is 2. The van der Waals surface area contributed by atoms with Crippen molar-refractivity contribution in [3.8, 4) is 0 Å². The molecule has 0 atom stereocenters. The molecule has 0 spiro atoms. The van der Waals surface area contributed by atoms with Gasteiger partial charge in [0.1, 0.15) is 5.82 Å². The van der Waals surface area contributed by atoms with Crippen molar-refractivity contribution < 1.29 is 0 Å². The molecule has 1 aliphatic rings. The third-order valence-corrected chi connectivity index (χ3v) is 4.43. The molecular formula is C20H18N2O. The Morgan fingerprint density at radius 1 is 1.04 bits per heavy atom. The zero-order valence-electron chi connectivity index (χ0n) is 13.3. The summed E-state index contributed by atoms with van der Waals surface area (Å²) in [6, 6.07) is 17.8. The third kappa shape index (κ3) is 2.20. The molecule has 0 unspecified atom stereocenters. The van der Waals surface area contributed by atoms with Crippen molar-refractivity contribution >= 4 is 22.6 Å². The summed E-state index contributed by atoms with van der Waals surface area (Å²) in [7, 11) is 0. The van der Waals surface area contributed by atoms with Gasteiger partial charge in [-0.3, -0.25) is 9.36 Å². The smallest absolute Gasteiger partial charge is 0.262 e. The Labute approximate surface area is 134 Å². The summed E-state index contributed by atoms with van der Waals surface area (Å²) in [4.78, 5) is 17.7. The summed E-state index contributed by atoms with van der Waals surface area (Å²) in [6.45, 7) is 4.19. The molecule has 114 valence electrons. The number of rotatable bonds is 1. The molecule has 0 amide bonds. The number of hydrogen-bond acceptors (Lipinski definition) is 2. The van der Waals surface area contributed by atoms with E-state index in [0.29, 0.717) is 5.39 Å². The number of nitrogens with zero attached hydrogens (tertiary/aromatic N) is 2. The minimum absolute atomic E-state index is 0.0482. The SMILES string of the molecule is CC1(C)C/C(=C\c2ccccc2)c2nc3ccccc3c(=O)n21. The zero-order valence-corrected chi connectivity index (χ0v) is 13.3. The minimum Gasteiger partial charge on any atom is -0.286 e. The maximum Gasteiger partial charge on any atom is 0.262 e. The Morgan fingerprint density at radius 3 is 2.52 bits per heavy atom. The molecule has 0 fully saturated rings. The van der Waals surface area contributed by atoms with E-state index in [9.17, 15) is 4.79 Å². The number of benzene rings is 2. The number of allylic oxidation sites excluding steroid dienone is 1. The highest BCUT2D eigenvalue weighted by Crippen LogP contribution is 2.38. The van der Waals surface area contributed by atoms with Gasteiger partial charge >= 0.3 is 0 Å². The van der Waals surface area contributed by atoms with Gasteiger partial charge in [-0.25, -0.2) is 4.98 Å². The Kier molecular flexibility index (Phi) is 2.98. The quantitative estimate of drug-likeness (QED) is 0.679. The van der Waals surface area contributed by atoms with Gasteiger partial charge in [0, 0.05) is 5.54 Å². The number of hydrogen-bond donors (Lipinski definition) is 0. The van der Waals surface area contributed by atoms with Crippen molar-refractivity contribution in [3.63, 3.8) is 0 Å². The monoisotopic (exact) mass is 302 g/mol. The van der Waals surface area contributed by atoms with Crippen molar-refractivity contribution in [1.29, 1.82) is 0 Å². The molecule has 0 saturated carbocycles. The van der Waals surface area contributed by atoms with E-state index in [4.69, 9.17) is 4.98 Å². The molecular weight excluding hydrogens is 284 g/mol. The van der Waals surface area contributed by atoms with E-state index in [1.54, 1.807) is 0 Å². The van der Waals surface area contributed by atoms with Crippen LogP contribution in [0, 0.1) is 0 Å².